The fourth-order valence-corrected chi connectivity index (χ4v) is 8.04. The van der Waals surface area contributed by atoms with Crippen molar-refractivity contribution >= 4 is 25.8 Å². The molecule has 25 nitrogen and oxygen atoms in total. The van der Waals surface area contributed by atoms with Crippen LogP contribution in [0.2, 0.25) is 25.7 Å². The van der Waals surface area contributed by atoms with Gasteiger partial charge in [0.2, 0.25) is 5.91 Å². The van der Waals surface area contributed by atoms with Crippen LogP contribution in [0.1, 0.15) is 20.3 Å². The topological polar surface area (TPSA) is 398 Å². The quantitative estimate of drug-likeness (QED) is 0.0345. The minimum atomic E-state index is -3.12. The molecule has 0 saturated carbocycles. The third-order valence-electron chi connectivity index (χ3n) is 10.6. The van der Waals surface area contributed by atoms with Gasteiger partial charge in [-0.2, -0.15) is 0 Å². The van der Waals surface area contributed by atoms with Crippen molar-refractivity contribution in [2.24, 2.45) is 4.99 Å². The molecule has 0 radical (unpaired) electrons. The number of amides is 1. The molecule has 4 aliphatic rings. The summed E-state index contributed by atoms with van der Waals surface area (Å²) in [4.78, 5) is 29.3. The van der Waals surface area contributed by atoms with E-state index in [1.807, 2.05) is 0 Å². The van der Waals surface area contributed by atoms with Crippen LogP contribution in [0.5, 0.6) is 0 Å². The van der Waals surface area contributed by atoms with Crippen LogP contribution < -0.4 is 40.0 Å². The van der Waals surface area contributed by atoms with Crippen LogP contribution in [0.4, 0.5) is 0 Å². The van der Waals surface area contributed by atoms with E-state index < -0.39 is 181 Å². The number of aliphatic hydroxyl groups is 11. The number of carbonyl (C=O) groups excluding carboxylic acids is 1. The summed E-state index contributed by atoms with van der Waals surface area (Å²) in [5.41, 5.74) is 0. The number of carbonyl (C=O) groups is 2. The summed E-state index contributed by atoms with van der Waals surface area (Å²) in [5.74, 6) is -6.69. The average molecular weight is 929 g/mol. The summed E-state index contributed by atoms with van der Waals surface area (Å²) in [6.07, 6.45) is -32.9. The Morgan fingerprint density at radius 2 is 1.47 bits per heavy atom. The first-order valence-corrected chi connectivity index (χ1v) is 23.4. The van der Waals surface area contributed by atoms with Gasteiger partial charge in [-0.25, -0.2) is 4.79 Å². The maximum Gasteiger partial charge on any atom is 1.00 e. The van der Waals surface area contributed by atoms with E-state index in [-0.39, 0.29) is 36.2 Å². The first kappa shape index (κ1) is 55.2. The van der Waals surface area contributed by atoms with Gasteiger partial charge >= 0.3 is 35.5 Å². The molecule has 0 bridgehead atoms. The second-order valence-electron chi connectivity index (χ2n) is 16.7. The van der Waals surface area contributed by atoms with E-state index >= 15 is 0 Å². The van der Waals surface area contributed by atoms with Crippen molar-refractivity contribution in [3.05, 3.63) is 0 Å². The van der Waals surface area contributed by atoms with Crippen molar-refractivity contribution in [3.8, 4) is 0 Å². The first-order chi connectivity index (χ1) is 28.5. The second kappa shape index (κ2) is 23.5. The summed E-state index contributed by atoms with van der Waals surface area (Å²) < 4.78 is 46.9. The van der Waals surface area contributed by atoms with Crippen LogP contribution in [0.15, 0.2) is 4.99 Å². The summed E-state index contributed by atoms with van der Waals surface area (Å²) in [5, 5.41) is 142. The van der Waals surface area contributed by atoms with E-state index in [0.29, 0.717) is 6.04 Å². The molecule has 0 aliphatic carbocycles. The Labute approximate surface area is 379 Å². The number of aliphatic hydroxyl groups excluding tert-OH is 11. The molecular formula is C35H61N2NaO23Si. The molecule has 20 atom stereocenters. The van der Waals surface area contributed by atoms with Crippen molar-refractivity contribution in [1.82, 2.24) is 5.32 Å². The SMILES string of the molecule is CC(=O)N[C@H]1[C@H](OCC[Si](C)(C)C)O[C@H](CO)[C@@H](O[C@@H]2O[C@H](CO)[C@H](O)[C@H](O[C@]3(C(=O)O)C[C@H](O)[C@@H](N=C(C)[O-])[C@H]([C@H](O)[C@H](O)CO)O3)[C@H]2O)[C@@H]1O[C@@H]1OC[C@@H](O)[C@@H](O)[C@@H]1O.[Na+]. The molecular weight excluding hydrogens is 867 g/mol. The smallest absolute Gasteiger partial charge is 0.862 e. The molecule has 0 unspecified atom stereocenters. The fourth-order valence-electron chi connectivity index (χ4n) is 7.31. The van der Waals surface area contributed by atoms with E-state index in [4.69, 9.17) is 37.9 Å². The largest absolute Gasteiger partial charge is 1.00 e. The number of aliphatic imine (C=N–C) groups is 1. The van der Waals surface area contributed by atoms with Gasteiger partial charge in [-0.3, -0.25) is 9.79 Å². The molecule has 0 aromatic heterocycles. The van der Waals surface area contributed by atoms with Crippen LogP contribution in [0.3, 0.4) is 0 Å². The van der Waals surface area contributed by atoms with Crippen LogP contribution in [0.25, 0.3) is 0 Å². The Morgan fingerprint density at radius 3 is 2.02 bits per heavy atom. The van der Waals surface area contributed by atoms with Crippen molar-refractivity contribution in [1.29, 1.82) is 0 Å². The third kappa shape index (κ3) is 13.3. The van der Waals surface area contributed by atoms with Crippen LogP contribution in [-0.2, 0) is 47.5 Å². The number of carboxylic acids is 1. The summed E-state index contributed by atoms with van der Waals surface area (Å²) >= 11 is 0. The van der Waals surface area contributed by atoms with Crippen LogP contribution in [0, 0.1) is 0 Å². The molecule has 0 aromatic carbocycles. The van der Waals surface area contributed by atoms with Gasteiger partial charge in [-0.05, 0) is 18.9 Å². The zero-order valence-electron chi connectivity index (χ0n) is 35.2. The number of carboxylic acid groups (broad SMARTS) is 1. The van der Waals surface area contributed by atoms with E-state index in [1.165, 1.54) is 0 Å². The monoisotopic (exact) mass is 928 g/mol. The standard InChI is InChI=1S/C35H62N2O23Si.Na/c1-13(41)36-20-15(43)8-35(34(51)52,59-28(20)23(47)16(44)9-38)60-30-24(48)18(10-39)55-33(26(30)50)57-27-19(11-40)56-31(53-6-7-61(3,4)5)21(37-14(2)42)29(27)58-32-25(49)22(46)17(45)12-54-32;/h15-33,38-40,43-50H,6-12H2,1-5H3,(H,36,41)(H,37,42)(H,51,52);/q;+1/p-1/t15-,16+,17+,18+,19+,20+,21+,22+,23+,24-,25-,26+,27+,28+,29+,30-,31+,32-,33-,35-;/m0./s1. The first-order valence-electron chi connectivity index (χ1n) is 19.7. The van der Waals surface area contributed by atoms with Gasteiger partial charge in [0.05, 0.1) is 32.5 Å². The minimum absolute atomic E-state index is 0. The van der Waals surface area contributed by atoms with Gasteiger partial charge in [0, 0.05) is 28.0 Å². The Hall–Kier alpha value is -1.13. The molecule has 4 rings (SSSR count). The zero-order chi connectivity index (χ0) is 45.7. The Kier molecular flexibility index (Phi) is 21.0. The number of nitrogens with zero attached hydrogens (tertiary/aromatic N) is 1. The average Bonchev–Trinajstić information content (AvgIpc) is 3.18. The van der Waals surface area contributed by atoms with Crippen molar-refractivity contribution in [2.45, 2.75) is 168 Å². The van der Waals surface area contributed by atoms with Gasteiger partial charge in [-0.1, -0.05) is 19.6 Å². The molecule has 4 saturated heterocycles. The van der Waals surface area contributed by atoms with Crippen LogP contribution >= 0.6 is 0 Å². The maximum atomic E-state index is 13.0. The minimum Gasteiger partial charge on any atom is -0.862 e. The fraction of sp³-hybridized carbons (Fsp3) is 0.914. The molecule has 62 heavy (non-hydrogen) atoms. The third-order valence-corrected chi connectivity index (χ3v) is 12.3. The van der Waals surface area contributed by atoms with Gasteiger partial charge < -0.3 is 110 Å². The van der Waals surface area contributed by atoms with E-state index in [2.05, 4.69) is 30.0 Å². The molecule has 354 valence electrons. The molecule has 1 amide bonds. The van der Waals surface area contributed by atoms with Crippen molar-refractivity contribution < 1.29 is 143 Å². The molecule has 27 heteroatoms. The molecule has 4 fully saturated rings. The predicted octanol–water partition coefficient (Wildman–Crippen LogP) is -10.6. The normalized spacial score (nSPS) is 41.7. The Morgan fingerprint density at radius 1 is 0.855 bits per heavy atom. The Balaban J connectivity index is 0.0000102. The summed E-state index contributed by atoms with van der Waals surface area (Å²) in [7, 11) is -1.72. The Bertz CT molecular complexity index is 1470. The van der Waals surface area contributed by atoms with Gasteiger partial charge in [0.1, 0.15) is 91.4 Å². The van der Waals surface area contributed by atoms with Crippen molar-refractivity contribution in [2.75, 3.05) is 33.0 Å². The number of hydrogen-bond acceptors (Lipinski definition) is 23. The number of rotatable bonds is 18. The van der Waals surface area contributed by atoms with Crippen LogP contribution in [-0.4, -0.2) is 242 Å². The second-order valence-corrected chi connectivity index (χ2v) is 22.3. The summed E-state index contributed by atoms with van der Waals surface area (Å²) in [6, 6.07) is -2.48. The number of nitrogens with one attached hydrogen (secondary N) is 1. The molecule has 0 spiro atoms. The van der Waals surface area contributed by atoms with Gasteiger partial charge in [0.25, 0.3) is 5.79 Å². The molecule has 4 aliphatic heterocycles. The predicted molar refractivity (Wildman–Crippen MR) is 199 cm³/mol. The number of aliphatic carboxylic acids is 1. The van der Waals surface area contributed by atoms with E-state index in [0.717, 1.165) is 13.8 Å². The van der Waals surface area contributed by atoms with Gasteiger partial charge in [0.15, 0.2) is 18.9 Å². The van der Waals surface area contributed by atoms with E-state index in [1.54, 1.807) is 0 Å². The molecule has 0 aromatic rings. The number of hydrogen-bond donors (Lipinski definition) is 13. The maximum absolute atomic E-state index is 13.0. The van der Waals surface area contributed by atoms with Crippen molar-refractivity contribution in [3.63, 3.8) is 0 Å². The summed E-state index contributed by atoms with van der Waals surface area (Å²) in [6.45, 7) is 4.94. The van der Waals surface area contributed by atoms with Gasteiger partial charge in [-0.15, -0.1) is 0 Å². The molecule has 4 heterocycles. The molecule has 13 N–H and O–H groups in total. The zero-order valence-corrected chi connectivity index (χ0v) is 38.2. The number of ether oxygens (including phenoxy) is 8. The van der Waals surface area contributed by atoms with E-state index in [9.17, 15) is 76.0 Å².